The minimum Gasteiger partial charge on any atom is -0.494 e. The zero-order valence-corrected chi connectivity index (χ0v) is 18.1. The number of carbonyl (C=O) groups excluding carboxylic acids is 2. The molecule has 0 unspecified atom stereocenters. The van der Waals surface area contributed by atoms with Crippen LogP contribution < -0.4 is 15.0 Å². The summed E-state index contributed by atoms with van der Waals surface area (Å²) < 4.78 is 5.45. The number of hydrogen-bond acceptors (Lipinski definition) is 5. The van der Waals surface area contributed by atoms with Gasteiger partial charge in [-0.25, -0.2) is 4.90 Å². The van der Waals surface area contributed by atoms with Crippen molar-refractivity contribution in [1.29, 1.82) is 0 Å². The molecular formula is C22H16Cl2N2O3S. The number of thiophene rings is 1. The summed E-state index contributed by atoms with van der Waals surface area (Å²) in [4.78, 5) is 28.4. The molecule has 1 N–H and O–H groups in total. The molecule has 0 saturated carbocycles. The molecule has 8 heteroatoms. The molecule has 152 valence electrons. The van der Waals surface area contributed by atoms with Crippen LogP contribution in [0.4, 0.5) is 11.4 Å². The van der Waals surface area contributed by atoms with E-state index in [1.54, 1.807) is 48.5 Å². The van der Waals surface area contributed by atoms with E-state index >= 15 is 0 Å². The second-order valence-electron chi connectivity index (χ2n) is 6.33. The summed E-state index contributed by atoms with van der Waals surface area (Å²) in [5.41, 5.74) is 1.38. The molecule has 1 aliphatic rings. The smallest absolute Gasteiger partial charge is 0.282 e. The highest BCUT2D eigenvalue weighted by atomic mass is 35.5. The van der Waals surface area contributed by atoms with E-state index in [0.29, 0.717) is 22.7 Å². The molecule has 2 aromatic carbocycles. The van der Waals surface area contributed by atoms with Gasteiger partial charge in [-0.15, -0.1) is 11.3 Å². The molecule has 30 heavy (non-hydrogen) atoms. The van der Waals surface area contributed by atoms with Gasteiger partial charge in [0.05, 0.1) is 27.9 Å². The Morgan fingerprint density at radius 1 is 1.00 bits per heavy atom. The van der Waals surface area contributed by atoms with Crippen molar-refractivity contribution >= 4 is 63.3 Å². The SMILES string of the molecule is CCOc1ccc(NC2=C(c3cccs3)C(=O)N(c3cccc(Cl)c3Cl)C2=O)cc1. The lowest BCUT2D eigenvalue weighted by Gasteiger charge is -2.17. The van der Waals surface area contributed by atoms with Crippen LogP contribution in [0.5, 0.6) is 5.75 Å². The lowest BCUT2D eigenvalue weighted by atomic mass is 10.2. The van der Waals surface area contributed by atoms with Crippen LogP contribution in [-0.4, -0.2) is 18.4 Å². The Labute approximate surface area is 187 Å². The van der Waals surface area contributed by atoms with Crippen molar-refractivity contribution in [2.24, 2.45) is 0 Å². The summed E-state index contributed by atoms with van der Waals surface area (Å²) in [6.07, 6.45) is 0. The maximum atomic E-state index is 13.3. The van der Waals surface area contributed by atoms with Crippen molar-refractivity contribution in [3.8, 4) is 5.75 Å². The van der Waals surface area contributed by atoms with Crippen LogP contribution >= 0.6 is 34.5 Å². The van der Waals surface area contributed by atoms with E-state index in [-0.39, 0.29) is 21.4 Å². The number of benzene rings is 2. The molecule has 5 nitrogen and oxygen atoms in total. The largest absolute Gasteiger partial charge is 0.494 e. The predicted molar refractivity (Wildman–Crippen MR) is 121 cm³/mol. The molecule has 0 radical (unpaired) electrons. The van der Waals surface area contributed by atoms with Gasteiger partial charge in [-0.3, -0.25) is 9.59 Å². The number of nitrogens with one attached hydrogen (secondary N) is 1. The van der Waals surface area contributed by atoms with Gasteiger partial charge in [0, 0.05) is 10.6 Å². The fourth-order valence-corrected chi connectivity index (χ4v) is 4.27. The zero-order chi connectivity index (χ0) is 21.3. The van der Waals surface area contributed by atoms with Crippen molar-refractivity contribution in [2.75, 3.05) is 16.8 Å². The predicted octanol–water partition coefficient (Wildman–Crippen LogP) is 5.85. The second kappa shape index (κ2) is 8.52. The summed E-state index contributed by atoms with van der Waals surface area (Å²) in [7, 11) is 0. The van der Waals surface area contributed by atoms with Gasteiger partial charge in [0.1, 0.15) is 11.4 Å². The minimum atomic E-state index is -0.499. The fourth-order valence-electron chi connectivity index (χ4n) is 3.12. The monoisotopic (exact) mass is 458 g/mol. The average Bonchev–Trinajstić information content (AvgIpc) is 3.33. The Morgan fingerprint density at radius 3 is 2.43 bits per heavy atom. The van der Waals surface area contributed by atoms with Crippen LogP contribution in [0.2, 0.25) is 10.0 Å². The Morgan fingerprint density at radius 2 is 1.77 bits per heavy atom. The highest BCUT2D eigenvalue weighted by Gasteiger charge is 2.41. The third-order valence-corrected chi connectivity index (χ3v) is 6.15. The molecule has 1 aliphatic heterocycles. The Bertz CT molecular complexity index is 1140. The van der Waals surface area contributed by atoms with Gasteiger partial charge in [0.2, 0.25) is 0 Å². The van der Waals surface area contributed by atoms with Crippen LogP contribution in [0.3, 0.4) is 0 Å². The number of ether oxygens (including phenoxy) is 1. The van der Waals surface area contributed by atoms with E-state index in [0.717, 1.165) is 10.6 Å². The van der Waals surface area contributed by atoms with E-state index in [1.165, 1.54) is 11.3 Å². The summed E-state index contributed by atoms with van der Waals surface area (Å²) >= 11 is 13.8. The molecule has 0 aliphatic carbocycles. The van der Waals surface area contributed by atoms with Crippen molar-refractivity contribution in [2.45, 2.75) is 6.92 Å². The van der Waals surface area contributed by atoms with Crippen LogP contribution in [0.1, 0.15) is 11.8 Å². The Kier molecular flexibility index (Phi) is 5.81. The standard InChI is InChI=1S/C22H16Cl2N2O3S/c1-2-29-14-10-8-13(9-11-14)25-20-18(17-7-4-12-30-17)21(27)26(22(20)28)16-6-3-5-15(23)19(16)24/h3-12,25H,2H2,1H3. The molecule has 0 fully saturated rings. The lowest BCUT2D eigenvalue weighted by Crippen LogP contribution is -2.32. The Hall–Kier alpha value is -2.80. The highest BCUT2D eigenvalue weighted by molar-refractivity contribution is 7.11. The van der Waals surface area contributed by atoms with Gasteiger partial charge in [-0.1, -0.05) is 35.3 Å². The molecule has 2 amide bonds. The van der Waals surface area contributed by atoms with Gasteiger partial charge in [0.25, 0.3) is 11.8 Å². The third kappa shape index (κ3) is 3.69. The van der Waals surface area contributed by atoms with Crippen molar-refractivity contribution in [3.63, 3.8) is 0 Å². The van der Waals surface area contributed by atoms with Gasteiger partial charge in [-0.05, 0) is 54.8 Å². The van der Waals surface area contributed by atoms with Crippen LogP contribution in [-0.2, 0) is 9.59 Å². The van der Waals surface area contributed by atoms with Gasteiger partial charge in [-0.2, -0.15) is 0 Å². The van der Waals surface area contributed by atoms with E-state index in [2.05, 4.69) is 5.32 Å². The molecular weight excluding hydrogens is 443 g/mol. The van der Waals surface area contributed by atoms with Crippen LogP contribution in [0.25, 0.3) is 5.57 Å². The van der Waals surface area contributed by atoms with E-state index in [1.807, 2.05) is 18.4 Å². The number of halogens is 2. The summed E-state index contributed by atoms with van der Waals surface area (Å²) in [6.45, 7) is 2.46. The van der Waals surface area contributed by atoms with Crippen molar-refractivity contribution < 1.29 is 14.3 Å². The molecule has 1 aromatic heterocycles. The molecule has 2 heterocycles. The van der Waals surface area contributed by atoms with Crippen LogP contribution in [0.15, 0.2) is 65.7 Å². The number of nitrogens with zero attached hydrogens (tertiary/aromatic N) is 1. The first-order valence-electron chi connectivity index (χ1n) is 9.12. The van der Waals surface area contributed by atoms with E-state index in [9.17, 15) is 9.59 Å². The maximum Gasteiger partial charge on any atom is 0.282 e. The second-order valence-corrected chi connectivity index (χ2v) is 8.06. The number of hydrogen-bond donors (Lipinski definition) is 1. The Balaban J connectivity index is 1.76. The normalized spacial score (nSPS) is 13.9. The van der Waals surface area contributed by atoms with Crippen LogP contribution in [0, 0.1) is 0 Å². The van der Waals surface area contributed by atoms with Crippen molar-refractivity contribution in [1.82, 2.24) is 0 Å². The third-order valence-electron chi connectivity index (χ3n) is 4.46. The maximum absolute atomic E-state index is 13.3. The highest BCUT2D eigenvalue weighted by Crippen LogP contribution is 2.40. The molecule has 0 saturated heterocycles. The number of carbonyl (C=O) groups is 2. The molecule has 0 bridgehead atoms. The summed E-state index contributed by atoms with van der Waals surface area (Å²) in [5, 5.41) is 5.37. The molecule has 0 spiro atoms. The first-order valence-corrected chi connectivity index (χ1v) is 10.8. The summed E-state index contributed by atoms with van der Waals surface area (Å²) in [6, 6.07) is 15.6. The van der Waals surface area contributed by atoms with Gasteiger partial charge in [0.15, 0.2) is 0 Å². The summed E-state index contributed by atoms with van der Waals surface area (Å²) in [5.74, 6) is -0.238. The molecule has 3 aromatic rings. The number of imide groups is 1. The minimum absolute atomic E-state index is 0.147. The van der Waals surface area contributed by atoms with E-state index < -0.39 is 11.8 Å². The molecule has 4 rings (SSSR count). The van der Waals surface area contributed by atoms with E-state index in [4.69, 9.17) is 27.9 Å². The topological polar surface area (TPSA) is 58.6 Å². The van der Waals surface area contributed by atoms with Crippen molar-refractivity contribution in [3.05, 3.63) is 80.6 Å². The van der Waals surface area contributed by atoms with Gasteiger partial charge < -0.3 is 10.1 Å². The lowest BCUT2D eigenvalue weighted by molar-refractivity contribution is -0.120. The number of rotatable bonds is 6. The fraction of sp³-hybridized carbons (Fsp3) is 0.0909. The number of amides is 2. The average molecular weight is 459 g/mol. The molecule has 0 atom stereocenters. The quantitative estimate of drug-likeness (QED) is 0.470. The van der Waals surface area contributed by atoms with Gasteiger partial charge >= 0.3 is 0 Å². The first kappa shape index (κ1) is 20.5. The zero-order valence-electron chi connectivity index (χ0n) is 15.8. The number of anilines is 2. The first-order chi connectivity index (χ1) is 14.5.